The summed E-state index contributed by atoms with van der Waals surface area (Å²) in [6.07, 6.45) is 0. The van der Waals surface area contributed by atoms with Gasteiger partial charge in [-0.1, -0.05) is 36.4 Å². The SMILES string of the molecule is COCCOCCN(C(C(=O)NO)c1ccccc1)S(=O)(=O)Cc1ccc2sccc2c1. The van der Waals surface area contributed by atoms with E-state index in [0.717, 1.165) is 14.4 Å². The highest BCUT2D eigenvalue weighted by Crippen LogP contribution is 2.28. The van der Waals surface area contributed by atoms with Gasteiger partial charge < -0.3 is 9.47 Å². The summed E-state index contributed by atoms with van der Waals surface area (Å²) >= 11 is 1.58. The maximum atomic E-state index is 13.5. The van der Waals surface area contributed by atoms with Gasteiger partial charge in [0.05, 0.1) is 25.6 Å². The van der Waals surface area contributed by atoms with Crippen molar-refractivity contribution in [1.29, 1.82) is 0 Å². The minimum atomic E-state index is -3.97. The third kappa shape index (κ3) is 6.12. The second kappa shape index (κ2) is 11.5. The lowest BCUT2D eigenvalue weighted by Crippen LogP contribution is -2.45. The van der Waals surface area contributed by atoms with Crippen molar-refractivity contribution in [2.75, 3.05) is 33.5 Å². The van der Waals surface area contributed by atoms with Crippen LogP contribution in [0.1, 0.15) is 17.2 Å². The van der Waals surface area contributed by atoms with Crippen LogP contribution in [0, 0.1) is 0 Å². The molecule has 1 unspecified atom stereocenters. The Labute approximate surface area is 191 Å². The van der Waals surface area contributed by atoms with Gasteiger partial charge >= 0.3 is 0 Å². The second-order valence-electron chi connectivity index (χ2n) is 7.05. The van der Waals surface area contributed by atoms with Crippen molar-refractivity contribution in [3.05, 3.63) is 71.1 Å². The predicted octanol–water partition coefficient (Wildman–Crippen LogP) is 2.94. The van der Waals surface area contributed by atoms with Crippen LogP contribution < -0.4 is 5.48 Å². The van der Waals surface area contributed by atoms with E-state index in [1.165, 1.54) is 0 Å². The van der Waals surface area contributed by atoms with Crippen LogP contribution in [0.4, 0.5) is 0 Å². The van der Waals surface area contributed by atoms with E-state index in [2.05, 4.69) is 0 Å². The lowest BCUT2D eigenvalue weighted by Gasteiger charge is -2.29. The molecule has 0 saturated carbocycles. The number of methoxy groups -OCH3 is 1. The molecule has 0 bridgehead atoms. The zero-order valence-electron chi connectivity index (χ0n) is 17.6. The van der Waals surface area contributed by atoms with Gasteiger partial charge in [0.2, 0.25) is 10.0 Å². The molecule has 0 radical (unpaired) electrons. The molecule has 3 rings (SSSR count). The molecule has 3 aromatic rings. The first-order valence-corrected chi connectivity index (χ1v) is 12.5. The molecule has 2 N–H and O–H groups in total. The molecule has 32 heavy (non-hydrogen) atoms. The lowest BCUT2D eigenvalue weighted by molar-refractivity contribution is -0.133. The molecular weight excluding hydrogens is 452 g/mol. The van der Waals surface area contributed by atoms with Crippen LogP contribution >= 0.6 is 11.3 Å². The molecule has 172 valence electrons. The van der Waals surface area contributed by atoms with Gasteiger partial charge in [-0.3, -0.25) is 10.0 Å². The minimum Gasteiger partial charge on any atom is -0.382 e. The Kier molecular flexibility index (Phi) is 8.74. The molecule has 1 atom stereocenters. The second-order valence-corrected chi connectivity index (χ2v) is 9.92. The van der Waals surface area contributed by atoms with Crippen LogP contribution in [-0.4, -0.2) is 57.3 Å². The highest BCUT2D eigenvalue weighted by Gasteiger charge is 2.36. The smallest absolute Gasteiger partial charge is 0.266 e. The first-order valence-electron chi connectivity index (χ1n) is 9.97. The van der Waals surface area contributed by atoms with E-state index in [9.17, 15) is 18.4 Å². The zero-order chi connectivity index (χ0) is 23.0. The number of benzene rings is 2. The lowest BCUT2D eigenvalue weighted by atomic mass is 10.1. The number of hydroxylamine groups is 1. The van der Waals surface area contributed by atoms with Gasteiger partial charge in [-0.15, -0.1) is 11.3 Å². The summed E-state index contributed by atoms with van der Waals surface area (Å²) in [4.78, 5) is 12.6. The molecule has 0 fully saturated rings. The van der Waals surface area contributed by atoms with E-state index >= 15 is 0 Å². The Balaban J connectivity index is 1.92. The third-order valence-corrected chi connectivity index (χ3v) is 7.58. The van der Waals surface area contributed by atoms with E-state index in [1.807, 2.05) is 23.6 Å². The molecule has 0 aliphatic carbocycles. The van der Waals surface area contributed by atoms with Crippen molar-refractivity contribution in [1.82, 2.24) is 9.79 Å². The number of rotatable bonds is 12. The summed E-state index contributed by atoms with van der Waals surface area (Å²) in [6, 6.07) is 14.6. The number of sulfonamides is 1. The fourth-order valence-corrected chi connectivity index (χ4v) is 5.80. The topological polar surface area (TPSA) is 105 Å². The Bertz CT molecular complexity index is 1120. The van der Waals surface area contributed by atoms with E-state index in [4.69, 9.17) is 9.47 Å². The number of fused-ring (bicyclic) bond motifs is 1. The Morgan fingerprint density at radius 1 is 1.12 bits per heavy atom. The third-order valence-electron chi connectivity index (χ3n) is 4.87. The van der Waals surface area contributed by atoms with Crippen LogP contribution in [0.5, 0.6) is 0 Å². The van der Waals surface area contributed by atoms with E-state index in [1.54, 1.807) is 60.3 Å². The molecule has 1 heterocycles. The van der Waals surface area contributed by atoms with Gasteiger partial charge in [0, 0.05) is 18.4 Å². The zero-order valence-corrected chi connectivity index (χ0v) is 19.3. The molecule has 1 amide bonds. The highest BCUT2D eigenvalue weighted by molar-refractivity contribution is 7.88. The fourth-order valence-electron chi connectivity index (χ4n) is 3.37. The monoisotopic (exact) mass is 478 g/mol. The maximum Gasteiger partial charge on any atom is 0.266 e. The van der Waals surface area contributed by atoms with Crippen molar-refractivity contribution < 1.29 is 27.9 Å². The van der Waals surface area contributed by atoms with Crippen molar-refractivity contribution in [3.8, 4) is 0 Å². The van der Waals surface area contributed by atoms with Gasteiger partial charge in [-0.2, -0.15) is 4.31 Å². The van der Waals surface area contributed by atoms with Gasteiger partial charge in [-0.25, -0.2) is 13.9 Å². The van der Waals surface area contributed by atoms with Crippen molar-refractivity contribution in [2.24, 2.45) is 0 Å². The van der Waals surface area contributed by atoms with Crippen molar-refractivity contribution in [2.45, 2.75) is 11.8 Å². The number of hydrogen-bond acceptors (Lipinski definition) is 7. The number of nitrogens with zero attached hydrogens (tertiary/aromatic N) is 1. The molecule has 0 aliphatic rings. The number of amides is 1. The van der Waals surface area contributed by atoms with E-state index < -0.39 is 22.0 Å². The Morgan fingerprint density at radius 2 is 1.91 bits per heavy atom. The average Bonchev–Trinajstić information content (AvgIpc) is 3.26. The van der Waals surface area contributed by atoms with Crippen LogP contribution in [-0.2, 0) is 30.0 Å². The Morgan fingerprint density at radius 3 is 2.62 bits per heavy atom. The summed E-state index contributed by atoms with van der Waals surface area (Å²) in [6.45, 7) is 0.655. The summed E-state index contributed by atoms with van der Waals surface area (Å²) in [7, 11) is -2.43. The van der Waals surface area contributed by atoms with Gasteiger partial charge in [-0.05, 0) is 40.1 Å². The quantitative estimate of drug-likeness (QED) is 0.236. The normalized spacial score (nSPS) is 12.8. The van der Waals surface area contributed by atoms with E-state index in [0.29, 0.717) is 24.3 Å². The molecule has 0 spiro atoms. The summed E-state index contributed by atoms with van der Waals surface area (Å²) < 4.78 is 39.6. The largest absolute Gasteiger partial charge is 0.382 e. The summed E-state index contributed by atoms with van der Waals surface area (Å²) in [5.41, 5.74) is 2.65. The van der Waals surface area contributed by atoms with Crippen molar-refractivity contribution >= 4 is 37.4 Å². The number of hydrogen-bond donors (Lipinski definition) is 2. The van der Waals surface area contributed by atoms with Gasteiger partial charge in [0.1, 0.15) is 6.04 Å². The standard InChI is InChI=1S/C22H26N2O6S2/c1-29-12-13-30-11-10-24(21(22(25)23-26)18-5-3-2-4-6-18)32(27,28)16-17-7-8-20-19(15-17)9-14-31-20/h2-9,14-15,21,26H,10-13,16H2,1H3,(H,23,25). The molecule has 0 aliphatic heterocycles. The molecule has 1 aromatic heterocycles. The first-order chi connectivity index (χ1) is 15.5. The summed E-state index contributed by atoms with van der Waals surface area (Å²) in [5.74, 6) is -1.14. The van der Waals surface area contributed by atoms with Crippen LogP contribution in [0.25, 0.3) is 10.1 Å². The van der Waals surface area contributed by atoms with Gasteiger partial charge in [0.15, 0.2) is 0 Å². The number of thiophene rings is 1. The first kappa shape index (κ1) is 24.3. The highest BCUT2D eigenvalue weighted by atomic mass is 32.2. The molecule has 10 heteroatoms. The number of ether oxygens (including phenoxy) is 2. The molecule has 0 saturated heterocycles. The predicted molar refractivity (Wildman–Crippen MR) is 123 cm³/mol. The maximum absolute atomic E-state index is 13.5. The Hall–Kier alpha value is -2.34. The van der Waals surface area contributed by atoms with Crippen LogP contribution in [0.3, 0.4) is 0 Å². The minimum absolute atomic E-state index is 0.0637. The van der Waals surface area contributed by atoms with E-state index in [-0.39, 0.29) is 18.9 Å². The van der Waals surface area contributed by atoms with Crippen LogP contribution in [0.15, 0.2) is 60.0 Å². The number of carbonyl (C=O) groups excluding carboxylic acids is 1. The van der Waals surface area contributed by atoms with Crippen LogP contribution in [0.2, 0.25) is 0 Å². The number of carbonyl (C=O) groups is 1. The number of nitrogens with one attached hydrogen (secondary N) is 1. The van der Waals surface area contributed by atoms with Crippen molar-refractivity contribution in [3.63, 3.8) is 0 Å². The van der Waals surface area contributed by atoms with Gasteiger partial charge in [0.25, 0.3) is 5.91 Å². The molecule has 8 nitrogen and oxygen atoms in total. The summed E-state index contributed by atoms with van der Waals surface area (Å²) in [5, 5.41) is 12.3. The molecule has 2 aromatic carbocycles. The molecular formula is C22H26N2O6S2. The fraction of sp³-hybridized carbons (Fsp3) is 0.318. The average molecular weight is 479 g/mol.